The molecule has 1 rings (SSSR count). The third-order valence-electron chi connectivity index (χ3n) is 2.38. The van der Waals surface area contributed by atoms with Crippen LogP contribution in [0.3, 0.4) is 0 Å². The van der Waals surface area contributed by atoms with Gasteiger partial charge in [-0.25, -0.2) is 0 Å². The van der Waals surface area contributed by atoms with Crippen molar-refractivity contribution in [2.24, 2.45) is 0 Å². The summed E-state index contributed by atoms with van der Waals surface area (Å²) < 4.78 is 11.9. The summed E-state index contributed by atoms with van der Waals surface area (Å²) in [5.41, 5.74) is 1.14. The summed E-state index contributed by atoms with van der Waals surface area (Å²) >= 11 is 3.44. The normalized spacial score (nSPS) is 12.5. The Balaban J connectivity index is 2.37. The van der Waals surface area contributed by atoms with Crippen molar-refractivity contribution in [1.82, 2.24) is 5.32 Å². The van der Waals surface area contributed by atoms with Crippen molar-refractivity contribution < 1.29 is 9.47 Å². The summed E-state index contributed by atoms with van der Waals surface area (Å²) in [5, 5.41) is 3.28. The average molecular weight is 302 g/mol. The van der Waals surface area contributed by atoms with Gasteiger partial charge >= 0.3 is 0 Å². The Morgan fingerprint density at radius 3 is 2.82 bits per heavy atom. The molecular weight excluding hydrogens is 282 g/mol. The maximum Gasteiger partial charge on any atom is 0.122 e. The zero-order chi connectivity index (χ0) is 12.7. The first-order valence-corrected chi connectivity index (χ1v) is 6.55. The summed E-state index contributed by atoms with van der Waals surface area (Å²) in [5.74, 6) is 0.939. The molecule has 0 spiro atoms. The highest BCUT2D eigenvalue weighted by Crippen LogP contribution is 2.22. The maximum absolute atomic E-state index is 5.86. The van der Waals surface area contributed by atoms with Crippen molar-refractivity contribution >= 4 is 15.9 Å². The lowest BCUT2D eigenvalue weighted by molar-refractivity contribution is 0.184. The molecule has 0 heterocycles. The molecule has 0 radical (unpaired) electrons. The number of hydrogen-bond acceptors (Lipinski definition) is 3. The van der Waals surface area contributed by atoms with Gasteiger partial charge in [0.1, 0.15) is 11.9 Å². The second kappa shape index (κ2) is 7.69. The van der Waals surface area contributed by atoms with Crippen molar-refractivity contribution in [3.05, 3.63) is 28.2 Å². The van der Waals surface area contributed by atoms with E-state index in [4.69, 9.17) is 9.47 Å². The number of aryl methyl sites for hydroxylation is 1. The number of ether oxygens (including phenoxy) is 2. The second-order valence-corrected chi connectivity index (χ2v) is 4.95. The summed E-state index contributed by atoms with van der Waals surface area (Å²) in [6.07, 6.45) is 0.145. The smallest absolute Gasteiger partial charge is 0.122 e. The SMILES string of the molecule is COCCNCC(C)Oc1ccc(Br)cc1C. The Kier molecular flexibility index (Phi) is 6.55. The van der Waals surface area contributed by atoms with E-state index in [0.717, 1.165) is 35.5 Å². The van der Waals surface area contributed by atoms with Crippen LogP contribution in [-0.2, 0) is 4.74 Å². The van der Waals surface area contributed by atoms with Gasteiger partial charge in [-0.05, 0) is 37.6 Å². The molecule has 1 N–H and O–H groups in total. The summed E-state index contributed by atoms with van der Waals surface area (Å²) in [7, 11) is 1.70. The lowest BCUT2D eigenvalue weighted by Gasteiger charge is -2.17. The number of benzene rings is 1. The van der Waals surface area contributed by atoms with Gasteiger partial charge in [0, 0.05) is 24.7 Å². The number of halogens is 1. The summed E-state index contributed by atoms with van der Waals surface area (Å²) in [4.78, 5) is 0. The van der Waals surface area contributed by atoms with Crippen LogP contribution >= 0.6 is 15.9 Å². The van der Waals surface area contributed by atoms with Gasteiger partial charge in [-0.1, -0.05) is 15.9 Å². The van der Waals surface area contributed by atoms with Crippen LogP contribution in [-0.4, -0.2) is 32.9 Å². The second-order valence-electron chi connectivity index (χ2n) is 4.04. The van der Waals surface area contributed by atoms with Gasteiger partial charge in [0.05, 0.1) is 6.61 Å². The molecule has 0 saturated carbocycles. The van der Waals surface area contributed by atoms with Crippen LogP contribution in [0.2, 0.25) is 0 Å². The minimum absolute atomic E-state index is 0.145. The van der Waals surface area contributed by atoms with Gasteiger partial charge in [0.15, 0.2) is 0 Å². The van der Waals surface area contributed by atoms with E-state index in [1.165, 1.54) is 0 Å². The lowest BCUT2D eigenvalue weighted by Crippen LogP contribution is -2.31. The van der Waals surface area contributed by atoms with Crippen molar-refractivity contribution in [2.45, 2.75) is 20.0 Å². The molecule has 1 unspecified atom stereocenters. The van der Waals surface area contributed by atoms with E-state index >= 15 is 0 Å². The highest BCUT2D eigenvalue weighted by atomic mass is 79.9. The summed E-state index contributed by atoms with van der Waals surface area (Å²) in [6, 6.07) is 6.04. The van der Waals surface area contributed by atoms with Gasteiger partial charge in [0.25, 0.3) is 0 Å². The molecule has 0 aromatic heterocycles. The first kappa shape index (κ1) is 14.5. The van der Waals surface area contributed by atoms with Crippen LogP contribution in [0.15, 0.2) is 22.7 Å². The maximum atomic E-state index is 5.86. The van der Waals surface area contributed by atoms with Crippen molar-refractivity contribution in [2.75, 3.05) is 26.8 Å². The first-order chi connectivity index (χ1) is 8.13. The quantitative estimate of drug-likeness (QED) is 0.786. The van der Waals surface area contributed by atoms with Crippen molar-refractivity contribution in [3.8, 4) is 5.75 Å². The van der Waals surface area contributed by atoms with E-state index in [-0.39, 0.29) is 6.10 Å². The zero-order valence-electron chi connectivity index (χ0n) is 10.6. The van der Waals surface area contributed by atoms with Crippen LogP contribution in [0.25, 0.3) is 0 Å². The lowest BCUT2D eigenvalue weighted by atomic mass is 10.2. The fraction of sp³-hybridized carbons (Fsp3) is 0.538. The molecule has 0 aliphatic rings. The van der Waals surface area contributed by atoms with Crippen LogP contribution in [0, 0.1) is 6.92 Å². The zero-order valence-corrected chi connectivity index (χ0v) is 12.2. The Labute approximate surface area is 112 Å². The van der Waals surface area contributed by atoms with E-state index < -0.39 is 0 Å². The monoisotopic (exact) mass is 301 g/mol. The van der Waals surface area contributed by atoms with Gasteiger partial charge < -0.3 is 14.8 Å². The van der Waals surface area contributed by atoms with Gasteiger partial charge in [-0.15, -0.1) is 0 Å². The minimum Gasteiger partial charge on any atom is -0.489 e. The number of rotatable bonds is 7. The molecule has 0 aliphatic heterocycles. The third-order valence-corrected chi connectivity index (χ3v) is 2.87. The molecule has 17 heavy (non-hydrogen) atoms. The Morgan fingerprint density at radius 1 is 1.41 bits per heavy atom. The Morgan fingerprint density at radius 2 is 2.18 bits per heavy atom. The van der Waals surface area contributed by atoms with Crippen LogP contribution in [0.5, 0.6) is 5.75 Å². The topological polar surface area (TPSA) is 30.5 Å². The number of methoxy groups -OCH3 is 1. The molecule has 1 aromatic carbocycles. The predicted molar refractivity (Wildman–Crippen MR) is 73.7 cm³/mol. The molecule has 4 heteroatoms. The molecule has 0 bridgehead atoms. The molecule has 0 aliphatic carbocycles. The van der Waals surface area contributed by atoms with Gasteiger partial charge in [-0.2, -0.15) is 0 Å². The van der Waals surface area contributed by atoms with Crippen molar-refractivity contribution in [3.63, 3.8) is 0 Å². The third kappa shape index (κ3) is 5.52. The molecule has 1 atom stereocenters. The Bertz CT molecular complexity index is 344. The van der Waals surface area contributed by atoms with Gasteiger partial charge in [0.2, 0.25) is 0 Å². The van der Waals surface area contributed by atoms with E-state index in [0.29, 0.717) is 0 Å². The number of nitrogens with one attached hydrogen (secondary N) is 1. The Hall–Kier alpha value is -0.580. The molecule has 96 valence electrons. The molecule has 1 aromatic rings. The highest BCUT2D eigenvalue weighted by molar-refractivity contribution is 9.10. The fourth-order valence-corrected chi connectivity index (χ4v) is 1.96. The fourth-order valence-electron chi connectivity index (χ4n) is 1.48. The molecule has 3 nitrogen and oxygen atoms in total. The van der Waals surface area contributed by atoms with Crippen LogP contribution in [0.4, 0.5) is 0 Å². The van der Waals surface area contributed by atoms with Gasteiger partial charge in [-0.3, -0.25) is 0 Å². The molecule has 0 saturated heterocycles. The first-order valence-electron chi connectivity index (χ1n) is 5.76. The highest BCUT2D eigenvalue weighted by Gasteiger charge is 2.06. The molecular formula is C13H20BrNO2. The standard InChI is InChI=1S/C13H20BrNO2/c1-10-8-12(14)4-5-13(10)17-11(2)9-15-6-7-16-3/h4-5,8,11,15H,6-7,9H2,1-3H3. The predicted octanol–water partition coefficient (Wildman–Crippen LogP) is 2.76. The van der Waals surface area contributed by atoms with Crippen LogP contribution in [0.1, 0.15) is 12.5 Å². The van der Waals surface area contributed by atoms with Crippen LogP contribution < -0.4 is 10.1 Å². The van der Waals surface area contributed by atoms with E-state index in [1.807, 2.05) is 19.1 Å². The minimum atomic E-state index is 0.145. The van der Waals surface area contributed by atoms with E-state index in [1.54, 1.807) is 7.11 Å². The summed E-state index contributed by atoms with van der Waals surface area (Å²) in [6.45, 7) is 6.50. The largest absolute Gasteiger partial charge is 0.489 e. The average Bonchev–Trinajstić information content (AvgIpc) is 2.28. The van der Waals surface area contributed by atoms with E-state index in [9.17, 15) is 0 Å². The van der Waals surface area contributed by atoms with Crippen molar-refractivity contribution in [1.29, 1.82) is 0 Å². The molecule has 0 fully saturated rings. The molecule has 0 amide bonds. The number of hydrogen-bond donors (Lipinski definition) is 1. The van der Waals surface area contributed by atoms with E-state index in [2.05, 4.69) is 34.2 Å².